The number of ether oxygens (including phenoxy) is 2. The summed E-state index contributed by atoms with van der Waals surface area (Å²) in [6, 6.07) is 5.56. The fourth-order valence-corrected chi connectivity index (χ4v) is 3.02. The monoisotopic (exact) mass is 254 g/mol. The standard InChI is InChI=1S/C12H14O4S/c1-15-9-4-3-7(5-10(9)16-2)11-8(6-17-11)12(13)14/h3-5,8,11H,6H2,1-2H3,(H,13,14). The van der Waals surface area contributed by atoms with Gasteiger partial charge >= 0.3 is 5.97 Å². The molecule has 0 aliphatic carbocycles. The van der Waals surface area contributed by atoms with Gasteiger partial charge in [-0.2, -0.15) is 11.8 Å². The maximum Gasteiger partial charge on any atom is 0.308 e. The molecule has 1 heterocycles. The van der Waals surface area contributed by atoms with Crippen LogP contribution in [0.5, 0.6) is 11.5 Å². The van der Waals surface area contributed by atoms with Gasteiger partial charge in [-0.15, -0.1) is 0 Å². The van der Waals surface area contributed by atoms with Gasteiger partial charge in [0.2, 0.25) is 0 Å². The number of hydrogen-bond acceptors (Lipinski definition) is 4. The van der Waals surface area contributed by atoms with Crippen molar-refractivity contribution in [3.8, 4) is 11.5 Å². The lowest BCUT2D eigenvalue weighted by Crippen LogP contribution is -2.30. The van der Waals surface area contributed by atoms with Gasteiger partial charge in [-0.1, -0.05) is 6.07 Å². The van der Waals surface area contributed by atoms with Crippen LogP contribution in [0.1, 0.15) is 10.8 Å². The molecule has 1 saturated heterocycles. The molecule has 0 amide bonds. The molecule has 1 fully saturated rings. The Hall–Kier alpha value is -1.36. The van der Waals surface area contributed by atoms with E-state index in [0.717, 1.165) is 5.56 Å². The summed E-state index contributed by atoms with van der Waals surface area (Å²) in [5.74, 6) is 0.949. The molecule has 0 bridgehead atoms. The molecule has 4 nitrogen and oxygen atoms in total. The van der Waals surface area contributed by atoms with E-state index in [1.54, 1.807) is 26.0 Å². The molecule has 92 valence electrons. The zero-order chi connectivity index (χ0) is 12.4. The van der Waals surface area contributed by atoms with Gasteiger partial charge < -0.3 is 14.6 Å². The van der Waals surface area contributed by atoms with E-state index >= 15 is 0 Å². The van der Waals surface area contributed by atoms with Crippen molar-refractivity contribution in [1.29, 1.82) is 0 Å². The molecule has 1 aromatic rings. The molecule has 2 atom stereocenters. The average Bonchev–Trinajstić information content (AvgIpc) is 2.26. The Kier molecular flexibility index (Phi) is 3.47. The van der Waals surface area contributed by atoms with E-state index in [4.69, 9.17) is 14.6 Å². The summed E-state index contributed by atoms with van der Waals surface area (Å²) >= 11 is 1.65. The summed E-state index contributed by atoms with van der Waals surface area (Å²) < 4.78 is 10.4. The Morgan fingerprint density at radius 3 is 2.53 bits per heavy atom. The van der Waals surface area contributed by atoms with Crippen molar-refractivity contribution in [3.63, 3.8) is 0 Å². The van der Waals surface area contributed by atoms with E-state index in [-0.39, 0.29) is 11.2 Å². The second-order valence-electron chi connectivity index (χ2n) is 3.81. The van der Waals surface area contributed by atoms with E-state index < -0.39 is 5.97 Å². The number of carbonyl (C=O) groups is 1. The summed E-state index contributed by atoms with van der Waals surface area (Å²) in [5, 5.41) is 9.04. The van der Waals surface area contributed by atoms with Gasteiger partial charge in [-0.25, -0.2) is 0 Å². The highest BCUT2D eigenvalue weighted by Crippen LogP contribution is 2.48. The molecular weight excluding hydrogens is 240 g/mol. The number of aliphatic carboxylic acids is 1. The van der Waals surface area contributed by atoms with Gasteiger partial charge in [0.25, 0.3) is 0 Å². The SMILES string of the molecule is COc1ccc(C2SCC2C(=O)O)cc1OC. The number of hydrogen-bond donors (Lipinski definition) is 1. The lowest BCUT2D eigenvalue weighted by molar-refractivity contribution is -0.141. The van der Waals surface area contributed by atoms with E-state index in [2.05, 4.69) is 0 Å². The first-order valence-electron chi connectivity index (χ1n) is 5.23. The molecule has 2 unspecified atom stereocenters. The van der Waals surface area contributed by atoms with Crippen LogP contribution in [0.4, 0.5) is 0 Å². The minimum Gasteiger partial charge on any atom is -0.493 e. The topological polar surface area (TPSA) is 55.8 Å². The van der Waals surface area contributed by atoms with E-state index in [1.807, 2.05) is 18.2 Å². The first-order chi connectivity index (χ1) is 8.17. The first kappa shape index (κ1) is 12.1. The summed E-state index contributed by atoms with van der Waals surface area (Å²) in [7, 11) is 3.15. The molecule has 1 aliphatic rings. The smallest absolute Gasteiger partial charge is 0.308 e. The van der Waals surface area contributed by atoms with Crippen LogP contribution in [0.2, 0.25) is 0 Å². The van der Waals surface area contributed by atoms with Crippen LogP contribution in [0.15, 0.2) is 18.2 Å². The van der Waals surface area contributed by atoms with E-state index in [0.29, 0.717) is 17.3 Å². The third kappa shape index (κ3) is 2.20. The number of carboxylic acid groups (broad SMARTS) is 1. The quantitative estimate of drug-likeness (QED) is 0.892. The van der Waals surface area contributed by atoms with Gasteiger partial charge in [-0.3, -0.25) is 4.79 Å². The van der Waals surface area contributed by atoms with Crippen molar-refractivity contribution in [3.05, 3.63) is 23.8 Å². The summed E-state index contributed by atoms with van der Waals surface area (Å²) in [6.07, 6.45) is 0. The van der Waals surface area contributed by atoms with Crippen LogP contribution in [0.25, 0.3) is 0 Å². The fourth-order valence-electron chi connectivity index (χ4n) is 1.85. The number of carboxylic acids is 1. The second kappa shape index (κ2) is 4.87. The highest BCUT2D eigenvalue weighted by Gasteiger charge is 2.38. The molecule has 5 heteroatoms. The van der Waals surface area contributed by atoms with E-state index in [1.165, 1.54) is 0 Å². The maximum absolute atomic E-state index is 11.0. The van der Waals surface area contributed by atoms with Crippen molar-refractivity contribution in [2.75, 3.05) is 20.0 Å². The number of rotatable bonds is 4. The van der Waals surface area contributed by atoms with Gasteiger partial charge in [-0.05, 0) is 17.7 Å². The third-order valence-electron chi connectivity index (χ3n) is 2.87. The van der Waals surface area contributed by atoms with Crippen LogP contribution < -0.4 is 9.47 Å². The average molecular weight is 254 g/mol. The molecular formula is C12H14O4S. The van der Waals surface area contributed by atoms with Crippen molar-refractivity contribution < 1.29 is 19.4 Å². The van der Waals surface area contributed by atoms with Crippen molar-refractivity contribution in [1.82, 2.24) is 0 Å². The predicted molar refractivity (Wildman–Crippen MR) is 65.9 cm³/mol. The summed E-state index contributed by atoms with van der Waals surface area (Å²) in [5.41, 5.74) is 0.978. The minimum absolute atomic E-state index is 0.0207. The fraction of sp³-hybridized carbons (Fsp3) is 0.417. The van der Waals surface area contributed by atoms with E-state index in [9.17, 15) is 4.79 Å². The lowest BCUT2D eigenvalue weighted by Gasteiger charge is -2.33. The normalized spacial score (nSPS) is 22.7. The Bertz CT molecular complexity index is 433. The molecule has 0 radical (unpaired) electrons. The second-order valence-corrected chi connectivity index (χ2v) is 4.99. The Morgan fingerprint density at radius 1 is 1.35 bits per heavy atom. The van der Waals surface area contributed by atoms with Gasteiger partial charge in [0.1, 0.15) is 0 Å². The lowest BCUT2D eigenvalue weighted by atomic mass is 9.99. The van der Waals surface area contributed by atoms with Crippen LogP contribution in [-0.4, -0.2) is 31.0 Å². The van der Waals surface area contributed by atoms with Gasteiger partial charge in [0.05, 0.1) is 20.1 Å². The molecule has 1 N–H and O–H groups in total. The van der Waals surface area contributed by atoms with Crippen LogP contribution in [0.3, 0.4) is 0 Å². The first-order valence-corrected chi connectivity index (χ1v) is 6.28. The number of benzene rings is 1. The Morgan fingerprint density at radius 2 is 2.06 bits per heavy atom. The van der Waals surface area contributed by atoms with Gasteiger partial charge in [0.15, 0.2) is 11.5 Å². The summed E-state index contributed by atoms with van der Waals surface area (Å²) in [4.78, 5) is 11.0. The van der Waals surface area contributed by atoms with Crippen molar-refractivity contribution >= 4 is 17.7 Å². The predicted octanol–water partition coefficient (Wildman–Crippen LogP) is 2.19. The number of thioether (sulfide) groups is 1. The van der Waals surface area contributed by atoms with Crippen LogP contribution in [0, 0.1) is 5.92 Å². The molecule has 1 aromatic carbocycles. The highest BCUT2D eigenvalue weighted by molar-refractivity contribution is 8.01. The maximum atomic E-state index is 11.0. The molecule has 17 heavy (non-hydrogen) atoms. The molecule has 0 aromatic heterocycles. The minimum atomic E-state index is -0.733. The third-order valence-corrected chi connectivity index (χ3v) is 4.39. The molecule has 2 rings (SSSR count). The molecule has 1 aliphatic heterocycles. The van der Waals surface area contributed by atoms with Crippen LogP contribution in [-0.2, 0) is 4.79 Å². The largest absolute Gasteiger partial charge is 0.493 e. The molecule has 0 spiro atoms. The number of methoxy groups -OCH3 is 2. The zero-order valence-electron chi connectivity index (χ0n) is 9.67. The van der Waals surface area contributed by atoms with Crippen molar-refractivity contribution in [2.45, 2.75) is 5.25 Å². The summed E-state index contributed by atoms with van der Waals surface area (Å²) in [6.45, 7) is 0. The Balaban J connectivity index is 2.25. The van der Waals surface area contributed by atoms with Crippen LogP contribution >= 0.6 is 11.8 Å². The van der Waals surface area contributed by atoms with Crippen molar-refractivity contribution in [2.24, 2.45) is 5.92 Å². The molecule has 0 saturated carbocycles. The zero-order valence-corrected chi connectivity index (χ0v) is 10.5. The van der Waals surface area contributed by atoms with Gasteiger partial charge in [0, 0.05) is 11.0 Å². The highest BCUT2D eigenvalue weighted by atomic mass is 32.2. The Labute approximate surface area is 104 Å².